The van der Waals surface area contributed by atoms with E-state index in [0.717, 1.165) is 0 Å². The number of epoxide rings is 1. The minimum atomic E-state index is -0.337. The number of ether oxygens (including phenoxy) is 3. The monoisotopic (exact) mass is 383 g/mol. The molecule has 0 radical (unpaired) electrons. The van der Waals surface area contributed by atoms with Crippen molar-refractivity contribution < 1.29 is 23.8 Å². The Hall–Kier alpha value is -1.66. The molecule has 0 aromatic rings. The highest BCUT2D eigenvalue weighted by molar-refractivity contribution is 5.87. The number of hydrogen-bond acceptors (Lipinski definition) is 6. The third-order valence-corrected chi connectivity index (χ3v) is 4.13. The van der Waals surface area contributed by atoms with Gasteiger partial charge in [0.1, 0.15) is 18.8 Å². The zero-order valence-corrected chi connectivity index (χ0v) is 18.2. The third-order valence-electron chi connectivity index (χ3n) is 4.13. The molecule has 0 saturated carbocycles. The van der Waals surface area contributed by atoms with Gasteiger partial charge in [0.2, 0.25) is 0 Å². The highest BCUT2D eigenvalue weighted by Crippen LogP contribution is 2.16. The lowest BCUT2D eigenvalue weighted by Gasteiger charge is -2.38. The van der Waals surface area contributed by atoms with Crippen LogP contribution in [0.25, 0.3) is 0 Å². The fraction of sp³-hybridized carbons (Fsp3) is 0.714. The number of hydrogen-bond donors (Lipinski definition) is 0. The van der Waals surface area contributed by atoms with Crippen LogP contribution >= 0.6 is 0 Å². The molecule has 0 aliphatic carbocycles. The molecule has 1 aliphatic rings. The van der Waals surface area contributed by atoms with Crippen molar-refractivity contribution in [1.29, 1.82) is 0 Å². The summed E-state index contributed by atoms with van der Waals surface area (Å²) >= 11 is 0. The molecule has 0 bridgehead atoms. The van der Waals surface area contributed by atoms with Gasteiger partial charge in [0, 0.05) is 29.3 Å². The molecule has 1 fully saturated rings. The van der Waals surface area contributed by atoms with Crippen molar-refractivity contribution in [3.05, 3.63) is 24.3 Å². The maximum Gasteiger partial charge on any atom is 0.333 e. The summed E-state index contributed by atoms with van der Waals surface area (Å²) in [6, 6.07) is 1.05. The third kappa shape index (κ3) is 10.3. The van der Waals surface area contributed by atoms with Gasteiger partial charge in [-0.15, -0.1) is 0 Å². The van der Waals surface area contributed by atoms with Gasteiger partial charge < -0.3 is 14.2 Å². The van der Waals surface area contributed by atoms with Crippen molar-refractivity contribution in [2.45, 2.75) is 85.7 Å². The summed E-state index contributed by atoms with van der Waals surface area (Å²) in [6.45, 7) is 24.1. The first-order valence-corrected chi connectivity index (χ1v) is 9.46. The van der Waals surface area contributed by atoms with E-state index < -0.39 is 0 Å². The van der Waals surface area contributed by atoms with Gasteiger partial charge in [-0.3, -0.25) is 4.90 Å². The lowest BCUT2D eigenvalue weighted by atomic mass is 10.1. The van der Waals surface area contributed by atoms with Gasteiger partial charge in [0.05, 0.1) is 6.61 Å². The molecule has 1 aliphatic heterocycles. The second-order valence-electron chi connectivity index (χ2n) is 7.60. The smallest absolute Gasteiger partial charge is 0.333 e. The lowest BCUT2D eigenvalue weighted by Crippen LogP contribution is -2.49. The maximum absolute atomic E-state index is 11.5. The Kier molecular flexibility index (Phi) is 11.2. The zero-order chi connectivity index (χ0) is 21.3. The Morgan fingerprint density at radius 3 is 1.78 bits per heavy atom. The van der Waals surface area contributed by atoms with Crippen LogP contribution < -0.4 is 0 Å². The quantitative estimate of drug-likeness (QED) is 0.345. The molecule has 3 atom stereocenters. The minimum absolute atomic E-state index is 0.135. The molecule has 27 heavy (non-hydrogen) atoms. The molecule has 0 N–H and O–H groups in total. The molecule has 3 unspecified atom stereocenters. The highest BCUT2D eigenvalue weighted by Gasteiger charge is 2.27. The molecule has 6 nitrogen and oxygen atoms in total. The van der Waals surface area contributed by atoms with Gasteiger partial charge in [0.15, 0.2) is 0 Å². The Morgan fingerprint density at radius 2 is 1.44 bits per heavy atom. The van der Waals surface area contributed by atoms with E-state index in [1.807, 2.05) is 6.92 Å². The van der Waals surface area contributed by atoms with Gasteiger partial charge in [-0.2, -0.15) is 0 Å². The summed E-state index contributed by atoms with van der Waals surface area (Å²) < 4.78 is 15.0. The standard InChI is InChI=1S/C14H27NO2.C7H10O3/c1-9(2)14(16)17-13(8)12(7)15(10(3)4)11(5)6;1-5(2)7(8)10-4-6-3-9-6/h10-13H,1H2,2-8H3;6H,1,3-4H2,2H3. The van der Waals surface area contributed by atoms with Crippen molar-refractivity contribution in [1.82, 2.24) is 4.90 Å². The summed E-state index contributed by atoms with van der Waals surface area (Å²) in [6.07, 6.45) is 0.00676. The predicted molar refractivity (Wildman–Crippen MR) is 107 cm³/mol. The van der Waals surface area contributed by atoms with Crippen molar-refractivity contribution in [2.24, 2.45) is 0 Å². The lowest BCUT2D eigenvalue weighted by molar-refractivity contribution is -0.147. The summed E-state index contributed by atoms with van der Waals surface area (Å²) in [4.78, 5) is 24.5. The average molecular weight is 384 g/mol. The van der Waals surface area contributed by atoms with Gasteiger partial charge in [-0.05, 0) is 55.4 Å². The number of carbonyl (C=O) groups excluding carboxylic acids is 2. The molecule has 1 rings (SSSR count). The second kappa shape index (κ2) is 11.9. The molecule has 6 heteroatoms. The van der Waals surface area contributed by atoms with Crippen LogP contribution in [0.2, 0.25) is 0 Å². The van der Waals surface area contributed by atoms with E-state index in [-0.39, 0.29) is 30.2 Å². The largest absolute Gasteiger partial charge is 0.459 e. The Bertz CT molecular complexity index is 515. The number of esters is 2. The molecule has 0 spiro atoms. The SMILES string of the molecule is C=C(C)C(=O)OC(C)C(C)N(C(C)C)C(C)C.C=C(C)C(=O)OCC1CO1. The van der Waals surface area contributed by atoms with Crippen LogP contribution in [0.15, 0.2) is 24.3 Å². The fourth-order valence-electron chi connectivity index (χ4n) is 2.60. The molecule has 0 amide bonds. The van der Waals surface area contributed by atoms with Gasteiger partial charge in [-0.25, -0.2) is 9.59 Å². The summed E-state index contributed by atoms with van der Waals surface area (Å²) in [5.74, 6) is -0.646. The van der Waals surface area contributed by atoms with Crippen molar-refractivity contribution in [3.63, 3.8) is 0 Å². The number of rotatable bonds is 9. The molecule has 1 saturated heterocycles. The van der Waals surface area contributed by atoms with Gasteiger partial charge in [0.25, 0.3) is 0 Å². The van der Waals surface area contributed by atoms with Crippen molar-refractivity contribution in [2.75, 3.05) is 13.2 Å². The van der Waals surface area contributed by atoms with E-state index in [1.54, 1.807) is 13.8 Å². The first-order chi connectivity index (χ1) is 12.4. The van der Waals surface area contributed by atoms with E-state index in [4.69, 9.17) is 14.2 Å². The van der Waals surface area contributed by atoms with Crippen LogP contribution in [0.3, 0.4) is 0 Å². The highest BCUT2D eigenvalue weighted by atomic mass is 16.6. The fourth-order valence-corrected chi connectivity index (χ4v) is 2.60. The van der Waals surface area contributed by atoms with E-state index in [1.165, 1.54) is 0 Å². The maximum atomic E-state index is 11.5. The van der Waals surface area contributed by atoms with Crippen LogP contribution in [-0.2, 0) is 23.8 Å². The molecule has 0 aromatic carbocycles. The van der Waals surface area contributed by atoms with E-state index in [0.29, 0.717) is 36.4 Å². The first-order valence-electron chi connectivity index (χ1n) is 9.46. The predicted octanol–water partition coefficient (Wildman–Crippen LogP) is 3.51. The number of carbonyl (C=O) groups is 2. The first kappa shape index (κ1) is 25.3. The van der Waals surface area contributed by atoms with Gasteiger partial charge in [-0.1, -0.05) is 13.2 Å². The van der Waals surface area contributed by atoms with Crippen LogP contribution in [0, 0.1) is 0 Å². The molecule has 156 valence electrons. The van der Waals surface area contributed by atoms with Crippen LogP contribution in [0.5, 0.6) is 0 Å². The molecular formula is C21H37NO5. The summed E-state index contributed by atoms with van der Waals surface area (Å²) in [5, 5.41) is 0. The summed E-state index contributed by atoms with van der Waals surface area (Å²) in [5.41, 5.74) is 0.880. The van der Waals surface area contributed by atoms with E-state index >= 15 is 0 Å². The van der Waals surface area contributed by atoms with Crippen LogP contribution in [-0.4, -0.2) is 60.4 Å². The zero-order valence-electron chi connectivity index (χ0n) is 18.2. The van der Waals surface area contributed by atoms with E-state index in [9.17, 15) is 9.59 Å². The number of nitrogens with zero attached hydrogens (tertiary/aromatic N) is 1. The molecular weight excluding hydrogens is 346 g/mol. The Morgan fingerprint density at radius 1 is 1.00 bits per heavy atom. The second-order valence-corrected chi connectivity index (χ2v) is 7.60. The summed E-state index contributed by atoms with van der Waals surface area (Å²) in [7, 11) is 0. The van der Waals surface area contributed by atoms with Gasteiger partial charge >= 0.3 is 11.9 Å². The van der Waals surface area contributed by atoms with Crippen LogP contribution in [0.4, 0.5) is 0 Å². The molecule has 1 heterocycles. The molecule has 0 aromatic heterocycles. The topological polar surface area (TPSA) is 68.4 Å². The van der Waals surface area contributed by atoms with Crippen LogP contribution in [0.1, 0.15) is 55.4 Å². The van der Waals surface area contributed by atoms with Crippen molar-refractivity contribution in [3.8, 4) is 0 Å². The Labute approximate surface area is 164 Å². The Balaban J connectivity index is 0.000000569. The van der Waals surface area contributed by atoms with Crippen molar-refractivity contribution >= 4 is 11.9 Å². The normalized spacial score (nSPS) is 17.7. The average Bonchev–Trinajstić information content (AvgIpc) is 3.36. The minimum Gasteiger partial charge on any atom is -0.459 e. The van der Waals surface area contributed by atoms with E-state index in [2.05, 4.69) is 52.7 Å².